The van der Waals surface area contributed by atoms with Crippen molar-refractivity contribution in [2.45, 2.75) is 6.54 Å². The fourth-order valence-corrected chi connectivity index (χ4v) is 3.67. The van der Waals surface area contributed by atoms with E-state index in [1.807, 2.05) is 0 Å². The van der Waals surface area contributed by atoms with Crippen LogP contribution < -0.4 is 15.0 Å². The van der Waals surface area contributed by atoms with Gasteiger partial charge in [0.15, 0.2) is 0 Å². The first-order chi connectivity index (χ1) is 16.8. The summed E-state index contributed by atoms with van der Waals surface area (Å²) in [5, 5.41) is 25.7. The molecular formula is C23H17Cl2N5O5. The van der Waals surface area contributed by atoms with Gasteiger partial charge in [-0.2, -0.15) is 4.98 Å². The fourth-order valence-electron chi connectivity index (χ4n) is 3.37. The minimum atomic E-state index is -0.624. The van der Waals surface area contributed by atoms with Crippen molar-refractivity contribution >= 4 is 63.5 Å². The Bertz CT molecular complexity index is 1430. The molecule has 1 aromatic heterocycles. The summed E-state index contributed by atoms with van der Waals surface area (Å²) in [5.41, 5.74) is 1.15. The molecule has 0 radical (unpaired) electrons. The number of benzene rings is 3. The predicted octanol–water partition coefficient (Wildman–Crippen LogP) is 5.47. The van der Waals surface area contributed by atoms with Crippen LogP contribution in [0.2, 0.25) is 10.0 Å². The molecule has 0 atom stereocenters. The van der Waals surface area contributed by atoms with Crippen LogP contribution in [-0.4, -0.2) is 33.5 Å². The molecule has 0 bridgehead atoms. The number of amides is 1. The predicted molar refractivity (Wildman–Crippen MR) is 133 cm³/mol. The molecule has 0 aliphatic rings. The second kappa shape index (κ2) is 10.00. The highest BCUT2D eigenvalue weighted by Crippen LogP contribution is 2.36. The Hall–Kier alpha value is -4.15. The van der Waals surface area contributed by atoms with Crippen molar-refractivity contribution in [2.75, 3.05) is 17.3 Å². The minimum absolute atomic E-state index is 0.00969. The number of nitro benzene ring substituents is 1. The van der Waals surface area contributed by atoms with Crippen LogP contribution in [0.5, 0.6) is 11.6 Å². The van der Waals surface area contributed by atoms with Crippen LogP contribution in [0.1, 0.15) is 5.56 Å². The van der Waals surface area contributed by atoms with Crippen LogP contribution in [0.4, 0.5) is 23.0 Å². The maximum absolute atomic E-state index is 12.1. The number of hydrogen-bond acceptors (Lipinski definition) is 8. The fraction of sp³-hybridized carbons (Fsp3) is 0.0870. The molecular weight excluding hydrogens is 497 g/mol. The molecule has 12 heteroatoms. The summed E-state index contributed by atoms with van der Waals surface area (Å²) >= 11 is 12.0. The number of aromatic nitrogens is 2. The van der Waals surface area contributed by atoms with E-state index in [0.29, 0.717) is 27.9 Å². The van der Waals surface area contributed by atoms with E-state index >= 15 is 0 Å². The third-order valence-electron chi connectivity index (χ3n) is 5.08. The monoisotopic (exact) mass is 513 g/mol. The SMILES string of the molecule is COc1ccc(CN(C=O)c2cc([N+](=O)[O-])cc3c(O)nc(Nc4ccc(Cl)c(Cl)c4)nc23)cc1. The highest BCUT2D eigenvalue weighted by Gasteiger charge is 2.21. The number of non-ortho nitro benzene ring substituents is 1. The summed E-state index contributed by atoms with van der Waals surface area (Å²) in [6.07, 6.45) is 0.536. The normalized spacial score (nSPS) is 10.7. The van der Waals surface area contributed by atoms with Crippen molar-refractivity contribution < 1.29 is 19.6 Å². The first-order valence-corrected chi connectivity index (χ1v) is 10.8. The first kappa shape index (κ1) is 24.0. The number of aromatic hydroxyl groups is 1. The van der Waals surface area contributed by atoms with Gasteiger partial charge in [0.2, 0.25) is 18.2 Å². The van der Waals surface area contributed by atoms with Gasteiger partial charge in [-0.15, -0.1) is 0 Å². The smallest absolute Gasteiger partial charge is 0.272 e. The van der Waals surface area contributed by atoms with Crippen molar-refractivity contribution in [2.24, 2.45) is 0 Å². The van der Waals surface area contributed by atoms with Crippen molar-refractivity contribution in [3.8, 4) is 11.6 Å². The summed E-state index contributed by atoms with van der Waals surface area (Å²) in [7, 11) is 1.54. The molecule has 0 spiro atoms. The van der Waals surface area contributed by atoms with Crippen molar-refractivity contribution in [1.82, 2.24) is 9.97 Å². The van der Waals surface area contributed by atoms with Crippen molar-refractivity contribution in [3.63, 3.8) is 0 Å². The standard InChI is InChI=1S/C23H17Cl2N5O5/c1-35-16-5-2-13(3-6-16)11-29(12-31)20-10-15(30(33)34)9-17-21(20)27-23(28-22(17)32)26-14-4-7-18(24)19(25)8-14/h2-10,12H,11H2,1H3,(H2,26,27,28,32). The van der Waals surface area contributed by atoms with E-state index in [1.54, 1.807) is 42.5 Å². The summed E-state index contributed by atoms with van der Waals surface area (Å²) < 4.78 is 5.15. The van der Waals surface area contributed by atoms with Gasteiger partial charge in [0, 0.05) is 17.8 Å². The number of carbonyl (C=O) groups excluding carboxylic acids is 1. The number of halogens is 2. The number of methoxy groups -OCH3 is 1. The maximum atomic E-state index is 12.1. The lowest BCUT2D eigenvalue weighted by atomic mass is 10.1. The molecule has 4 aromatic rings. The number of nitrogens with zero attached hydrogens (tertiary/aromatic N) is 4. The third-order valence-corrected chi connectivity index (χ3v) is 5.82. The van der Waals surface area contributed by atoms with Crippen LogP contribution in [0.15, 0.2) is 54.6 Å². The Morgan fingerprint density at radius 1 is 1.11 bits per heavy atom. The number of fused-ring (bicyclic) bond motifs is 1. The quantitative estimate of drug-likeness (QED) is 0.180. The molecule has 0 saturated heterocycles. The van der Waals surface area contributed by atoms with Gasteiger partial charge in [0.25, 0.3) is 5.69 Å². The van der Waals surface area contributed by atoms with Gasteiger partial charge in [0.05, 0.1) is 39.7 Å². The zero-order valence-corrected chi connectivity index (χ0v) is 19.6. The molecule has 1 amide bonds. The third kappa shape index (κ3) is 5.18. The second-order valence-corrected chi connectivity index (χ2v) is 8.14. The average molecular weight is 514 g/mol. The van der Waals surface area contributed by atoms with Crippen molar-refractivity contribution in [3.05, 3.63) is 80.3 Å². The molecule has 2 N–H and O–H groups in total. The van der Waals surface area contributed by atoms with Gasteiger partial charge in [-0.05, 0) is 35.9 Å². The summed E-state index contributed by atoms with van der Waals surface area (Å²) in [6, 6.07) is 14.1. The first-order valence-electron chi connectivity index (χ1n) is 10.0. The number of nitro groups is 1. The molecule has 178 valence electrons. The molecule has 0 aliphatic heterocycles. The molecule has 3 aromatic carbocycles. The van der Waals surface area contributed by atoms with E-state index in [4.69, 9.17) is 27.9 Å². The van der Waals surface area contributed by atoms with Crippen molar-refractivity contribution in [1.29, 1.82) is 0 Å². The molecule has 35 heavy (non-hydrogen) atoms. The van der Waals surface area contributed by atoms with Crippen LogP contribution in [0, 0.1) is 10.1 Å². The molecule has 0 saturated carbocycles. The average Bonchev–Trinajstić information content (AvgIpc) is 2.85. The van der Waals surface area contributed by atoms with E-state index in [1.165, 1.54) is 18.1 Å². The number of rotatable bonds is 8. The maximum Gasteiger partial charge on any atom is 0.272 e. The Labute approximate surface area is 208 Å². The summed E-state index contributed by atoms with van der Waals surface area (Å²) in [6.45, 7) is 0.0874. The summed E-state index contributed by atoms with van der Waals surface area (Å²) in [4.78, 5) is 32.7. The van der Waals surface area contributed by atoms with Gasteiger partial charge in [-0.1, -0.05) is 35.3 Å². The van der Waals surface area contributed by atoms with Gasteiger partial charge in [-0.3, -0.25) is 14.9 Å². The van der Waals surface area contributed by atoms with Gasteiger partial charge in [-0.25, -0.2) is 4.98 Å². The molecule has 10 nitrogen and oxygen atoms in total. The molecule has 0 aliphatic carbocycles. The highest BCUT2D eigenvalue weighted by atomic mass is 35.5. The summed E-state index contributed by atoms with van der Waals surface area (Å²) in [5.74, 6) is 0.125. The van der Waals surface area contributed by atoms with Crippen LogP contribution in [-0.2, 0) is 11.3 Å². The van der Waals surface area contributed by atoms with E-state index in [0.717, 1.165) is 11.6 Å². The van der Waals surface area contributed by atoms with E-state index in [9.17, 15) is 20.0 Å². The Morgan fingerprint density at radius 2 is 1.86 bits per heavy atom. The van der Waals surface area contributed by atoms with Gasteiger partial charge < -0.3 is 20.1 Å². The van der Waals surface area contributed by atoms with Gasteiger partial charge in [0.1, 0.15) is 11.3 Å². The highest BCUT2D eigenvalue weighted by molar-refractivity contribution is 6.42. The molecule has 1 heterocycles. The number of anilines is 3. The Morgan fingerprint density at radius 3 is 2.49 bits per heavy atom. The number of hydrogen-bond donors (Lipinski definition) is 2. The van der Waals surface area contributed by atoms with Gasteiger partial charge >= 0.3 is 0 Å². The number of nitrogens with one attached hydrogen (secondary N) is 1. The van der Waals surface area contributed by atoms with E-state index in [2.05, 4.69) is 15.3 Å². The van der Waals surface area contributed by atoms with Crippen LogP contribution >= 0.6 is 23.2 Å². The topological polar surface area (TPSA) is 131 Å². The zero-order valence-electron chi connectivity index (χ0n) is 18.1. The Balaban J connectivity index is 1.81. The molecule has 0 fully saturated rings. The molecule has 0 unspecified atom stereocenters. The Kier molecular flexibility index (Phi) is 6.85. The largest absolute Gasteiger partial charge is 0.497 e. The lowest BCUT2D eigenvalue weighted by Gasteiger charge is -2.20. The zero-order chi connectivity index (χ0) is 25.1. The van der Waals surface area contributed by atoms with E-state index < -0.39 is 10.8 Å². The van der Waals surface area contributed by atoms with Crippen LogP contribution in [0.3, 0.4) is 0 Å². The number of ether oxygens (including phenoxy) is 1. The van der Waals surface area contributed by atoms with Crippen LogP contribution in [0.25, 0.3) is 10.9 Å². The second-order valence-electron chi connectivity index (χ2n) is 7.32. The van der Waals surface area contributed by atoms with E-state index in [-0.39, 0.29) is 34.8 Å². The number of carbonyl (C=O) groups is 1. The lowest BCUT2D eigenvalue weighted by Crippen LogP contribution is -2.21. The molecule has 4 rings (SSSR count). The minimum Gasteiger partial charge on any atom is -0.497 e. The lowest BCUT2D eigenvalue weighted by molar-refractivity contribution is -0.384.